The van der Waals surface area contributed by atoms with Crippen LogP contribution in [0.15, 0.2) is 60.7 Å². The Hall–Kier alpha value is -2.33. The van der Waals surface area contributed by atoms with Crippen LogP contribution in [0.4, 0.5) is 0 Å². The van der Waals surface area contributed by atoms with Gasteiger partial charge in [-0.05, 0) is 50.9 Å². The lowest BCUT2D eigenvalue weighted by atomic mass is 9.93. The average molecular weight is 352 g/mol. The lowest BCUT2D eigenvalue weighted by molar-refractivity contribution is -0.140. The molecule has 1 fully saturated rings. The summed E-state index contributed by atoms with van der Waals surface area (Å²) in [6.45, 7) is 2.67. The number of likely N-dealkylation sites (tertiary alicyclic amines) is 1. The molecule has 2 aromatic carbocycles. The summed E-state index contributed by atoms with van der Waals surface area (Å²) in [7, 11) is 1.99. The van der Waals surface area contributed by atoms with Gasteiger partial charge in [0.15, 0.2) is 0 Å². The van der Waals surface area contributed by atoms with Gasteiger partial charge in [-0.2, -0.15) is 0 Å². The van der Waals surface area contributed by atoms with Crippen LogP contribution in [0.1, 0.15) is 30.9 Å². The second kappa shape index (κ2) is 9.39. The fraction of sp³-hybridized carbons (Fsp3) is 0.409. The summed E-state index contributed by atoms with van der Waals surface area (Å²) < 4.78 is 6.11. The summed E-state index contributed by atoms with van der Waals surface area (Å²) in [5.41, 5.74) is 0.902. The molecule has 2 aromatic rings. The van der Waals surface area contributed by atoms with Crippen LogP contribution in [-0.2, 0) is 4.79 Å². The standard InChI is InChI=1S/C22H28N2O2/c1-23-15-12-18-13-16-24(17-14-18)22(25)21(19-8-4-2-5-9-19)26-20-10-6-3-7-11-20/h2-11,18,21,23H,12-17H2,1H3. The van der Waals surface area contributed by atoms with Gasteiger partial charge in [0.2, 0.25) is 6.10 Å². The summed E-state index contributed by atoms with van der Waals surface area (Å²) in [5, 5.41) is 3.22. The Labute approximate surface area is 156 Å². The van der Waals surface area contributed by atoms with Crippen molar-refractivity contribution in [3.05, 3.63) is 66.2 Å². The molecule has 1 saturated heterocycles. The molecular weight excluding hydrogens is 324 g/mol. The minimum absolute atomic E-state index is 0.0621. The van der Waals surface area contributed by atoms with Crippen molar-refractivity contribution in [2.24, 2.45) is 5.92 Å². The first kappa shape index (κ1) is 18.5. The highest BCUT2D eigenvalue weighted by atomic mass is 16.5. The Balaban J connectivity index is 1.69. The molecule has 1 heterocycles. The van der Waals surface area contributed by atoms with Gasteiger partial charge in [0.25, 0.3) is 5.91 Å². The highest BCUT2D eigenvalue weighted by Crippen LogP contribution is 2.27. The van der Waals surface area contributed by atoms with E-state index >= 15 is 0 Å². The van der Waals surface area contributed by atoms with E-state index in [-0.39, 0.29) is 5.91 Å². The smallest absolute Gasteiger partial charge is 0.268 e. The third-order valence-electron chi connectivity index (χ3n) is 5.05. The summed E-state index contributed by atoms with van der Waals surface area (Å²) in [6, 6.07) is 19.4. The fourth-order valence-electron chi connectivity index (χ4n) is 3.48. The van der Waals surface area contributed by atoms with Crippen molar-refractivity contribution >= 4 is 5.91 Å². The second-order valence-electron chi connectivity index (χ2n) is 6.88. The zero-order valence-corrected chi connectivity index (χ0v) is 15.4. The highest BCUT2D eigenvalue weighted by molar-refractivity contribution is 5.82. The van der Waals surface area contributed by atoms with Gasteiger partial charge in [-0.15, -0.1) is 0 Å². The Morgan fingerprint density at radius 3 is 2.31 bits per heavy atom. The molecule has 1 unspecified atom stereocenters. The van der Waals surface area contributed by atoms with E-state index in [9.17, 15) is 4.79 Å². The van der Waals surface area contributed by atoms with Gasteiger partial charge >= 0.3 is 0 Å². The number of amides is 1. The lowest BCUT2D eigenvalue weighted by Gasteiger charge is -2.34. The zero-order chi connectivity index (χ0) is 18.2. The van der Waals surface area contributed by atoms with Crippen LogP contribution >= 0.6 is 0 Å². The summed E-state index contributed by atoms with van der Waals surface area (Å²) in [6.07, 6.45) is 2.73. The molecule has 0 aromatic heterocycles. The molecule has 0 saturated carbocycles. The van der Waals surface area contributed by atoms with Crippen molar-refractivity contribution in [3.8, 4) is 5.75 Å². The van der Waals surface area contributed by atoms with E-state index in [1.807, 2.05) is 72.6 Å². The van der Waals surface area contributed by atoms with Gasteiger partial charge in [0.1, 0.15) is 5.75 Å². The summed E-state index contributed by atoms with van der Waals surface area (Å²) in [4.78, 5) is 15.2. The predicted octanol–water partition coefficient (Wildman–Crippen LogP) is 3.65. The molecule has 1 aliphatic rings. The number of nitrogens with one attached hydrogen (secondary N) is 1. The maximum Gasteiger partial charge on any atom is 0.268 e. The Morgan fingerprint density at radius 2 is 1.69 bits per heavy atom. The average Bonchev–Trinajstić information content (AvgIpc) is 2.72. The third kappa shape index (κ3) is 4.85. The fourth-order valence-corrected chi connectivity index (χ4v) is 3.48. The molecule has 4 heteroatoms. The van der Waals surface area contributed by atoms with Crippen molar-refractivity contribution in [3.63, 3.8) is 0 Å². The molecule has 138 valence electrons. The van der Waals surface area contributed by atoms with Crippen molar-refractivity contribution < 1.29 is 9.53 Å². The Kier molecular flexibility index (Phi) is 6.67. The van der Waals surface area contributed by atoms with Crippen molar-refractivity contribution in [1.29, 1.82) is 0 Å². The number of rotatable bonds is 7. The third-order valence-corrected chi connectivity index (χ3v) is 5.05. The molecule has 26 heavy (non-hydrogen) atoms. The number of para-hydroxylation sites is 1. The van der Waals surface area contributed by atoms with Crippen LogP contribution in [0, 0.1) is 5.92 Å². The Morgan fingerprint density at radius 1 is 1.08 bits per heavy atom. The van der Waals surface area contributed by atoms with Crippen molar-refractivity contribution in [1.82, 2.24) is 10.2 Å². The minimum atomic E-state index is -0.590. The predicted molar refractivity (Wildman–Crippen MR) is 104 cm³/mol. The largest absolute Gasteiger partial charge is 0.476 e. The van der Waals surface area contributed by atoms with E-state index in [0.29, 0.717) is 5.92 Å². The van der Waals surface area contributed by atoms with Gasteiger partial charge in [0, 0.05) is 18.7 Å². The van der Waals surface area contributed by atoms with E-state index in [2.05, 4.69) is 5.32 Å². The van der Waals surface area contributed by atoms with Crippen LogP contribution in [0.2, 0.25) is 0 Å². The maximum absolute atomic E-state index is 13.2. The number of ether oxygens (including phenoxy) is 1. The number of carbonyl (C=O) groups is 1. The first-order chi connectivity index (χ1) is 12.8. The van der Waals surface area contributed by atoms with Gasteiger partial charge in [-0.1, -0.05) is 48.5 Å². The van der Waals surface area contributed by atoms with Crippen LogP contribution in [0.3, 0.4) is 0 Å². The summed E-state index contributed by atoms with van der Waals surface area (Å²) in [5.74, 6) is 1.49. The monoisotopic (exact) mass is 352 g/mol. The quantitative estimate of drug-likeness (QED) is 0.827. The number of carbonyl (C=O) groups excluding carboxylic acids is 1. The van der Waals surface area contributed by atoms with Crippen LogP contribution in [0.25, 0.3) is 0 Å². The van der Waals surface area contributed by atoms with Gasteiger partial charge < -0.3 is 15.0 Å². The molecular formula is C22H28N2O2. The first-order valence-corrected chi connectivity index (χ1v) is 9.48. The first-order valence-electron chi connectivity index (χ1n) is 9.48. The lowest BCUT2D eigenvalue weighted by Crippen LogP contribution is -2.42. The van der Waals surface area contributed by atoms with Crippen LogP contribution in [-0.4, -0.2) is 37.5 Å². The van der Waals surface area contributed by atoms with Gasteiger partial charge in [-0.25, -0.2) is 0 Å². The number of hydrogen-bond acceptors (Lipinski definition) is 3. The topological polar surface area (TPSA) is 41.6 Å². The Bertz CT molecular complexity index is 667. The van der Waals surface area contributed by atoms with E-state index in [0.717, 1.165) is 43.8 Å². The van der Waals surface area contributed by atoms with Crippen LogP contribution < -0.4 is 10.1 Å². The molecule has 1 N–H and O–H groups in total. The minimum Gasteiger partial charge on any atom is -0.476 e. The van der Waals surface area contributed by atoms with E-state index in [1.165, 1.54) is 6.42 Å². The molecule has 0 radical (unpaired) electrons. The molecule has 3 rings (SSSR count). The molecule has 4 nitrogen and oxygen atoms in total. The summed E-state index contributed by atoms with van der Waals surface area (Å²) >= 11 is 0. The van der Waals surface area contributed by atoms with Gasteiger partial charge in [-0.3, -0.25) is 4.79 Å². The molecule has 1 aliphatic heterocycles. The number of piperidine rings is 1. The van der Waals surface area contributed by atoms with Crippen molar-refractivity contribution in [2.45, 2.75) is 25.4 Å². The highest BCUT2D eigenvalue weighted by Gasteiger charge is 2.30. The van der Waals surface area contributed by atoms with Crippen LogP contribution in [0.5, 0.6) is 5.75 Å². The molecule has 1 atom stereocenters. The number of nitrogens with zero attached hydrogens (tertiary/aromatic N) is 1. The SMILES string of the molecule is CNCCC1CCN(C(=O)C(Oc2ccccc2)c2ccccc2)CC1. The number of hydrogen-bond donors (Lipinski definition) is 1. The molecule has 0 spiro atoms. The van der Waals surface area contributed by atoms with E-state index < -0.39 is 6.10 Å². The zero-order valence-electron chi connectivity index (χ0n) is 15.4. The van der Waals surface area contributed by atoms with Gasteiger partial charge in [0.05, 0.1) is 0 Å². The second-order valence-corrected chi connectivity index (χ2v) is 6.88. The van der Waals surface area contributed by atoms with E-state index in [4.69, 9.17) is 4.74 Å². The molecule has 0 bridgehead atoms. The normalized spacial score (nSPS) is 16.3. The molecule has 0 aliphatic carbocycles. The van der Waals surface area contributed by atoms with Crippen molar-refractivity contribution in [2.75, 3.05) is 26.7 Å². The molecule has 1 amide bonds. The number of benzene rings is 2. The maximum atomic E-state index is 13.2. The van der Waals surface area contributed by atoms with E-state index in [1.54, 1.807) is 0 Å².